The fourth-order valence-corrected chi connectivity index (χ4v) is 2.55. The van der Waals surface area contributed by atoms with Crippen LogP contribution >= 0.6 is 24.0 Å². The number of nitrogens with zero attached hydrogens (tertiary/aromatic N) is 1. The van der Waals surface area contributed by atoms with Crippen LogP contribution in [-0.4, -0.2) is 36.4 Å². The summed E-state index contributed by atoms with van der Waals surface area (Å²) in [6.45, 7) is 5.18. The predicted octanol–water partition coefficient (Wildman–Crippen LogP) is 3.31. The number of rotatable bonds is 8. The van der Waals surface area contributed by atoms with Crippen molar-refractivity contribution in [3.8, 4) is 5.75 Å². The van der Waals surface area contributed by atoms with E-state index in [2.05, 4.69) is 5.32 Å². The highest BCUT2D eigenvalue weighted by atomic mass is 35.5. The van der Waals surface area contributed by atoms with E-state index in [1.807, 2.05) is 13.8 Å². The number of carbonyl (C=O) groups excluding carboxylic acids is 2. The molecule has 1 heterocycles. The summed E-state index contributed by atoms with van der Waals surface area (Å²) >= 11 is 6.18. The number of carbonyl (C=O) groups is 2. The molecule has 2 amide bonds. The largest absolute Gasteiger partial charge is 0.482 e. The summed E-state index contributed by atoms with van der Waals surface area (Å²) in [4.78, 5) is 25.8. The Hall–Kier alpha value is -2.22. The smallest absolute Gasteiger partial charge is 0.260 e. The number of amides is 2. The van der Waals surface area contributed by atoms with Gasteiger partial charge in [-0.15, -0.1) is 12.4 Å². The second kappa shape index (κ2) is 10.8. The molecule has 0 spiro atoms. The summed E-state index contributed by atoms with van der Waals surface area (Å²) in [5, 5.41) is 3.01. The molecule has 0 saturated heterocycles. The van der Waals surface area contributed by atoms with Gasteiger partial charge in [-0.1, -0.05) is 11.6 Å². The van der Waals surface area contributed by atoms with Crippen molar-refractivity contribution in [2.45, 2.75) is 20.4 Å². The van der Waals surface area contributed by atoms with Crippen LogP contribution in [0.1, 0.15) is 30.0 Å². The molecule has 7 nitrogen and oxygen atoms in total. The first-order chi connectivity index (χ1) is 12.5. The highest BCUT2D eigenvalue weighted by Gasteiger charge is 2.13. The van der Waals surface area contributed by atoms with E-state index in [-0.39, 0.29) is 37.4 Å². The number of hydrogen-bond acceptors (Lipinski definition) is 5. The van der Waals surface area contributed by atoms with E-state index in [0.717, 1.165) is 0 Å². The Labute approximate surface area is 169 Å². The van der Waals surface area contributed by atoms with Gasteiger partial charge in [-0.05, 0) is 38.1 Å². The van der Waals surface area contributed by atoms with Crippen molar-refractivity contribution in [2.24, 2.45) is 5.73 Å². The summed E-state index contributed by atoms with van der Waals surface area (Å²) in [6, 6.07) is 6.38. The number of likely N-dealkylation sites (N-methyl/N-ethyl adjacent to an activating group) is 1. The minimum Gasteiger partial charge on any atom is -0.482 e. The third kappa shape index (κ3) is 6.16. The summed E-state index contributed by atoms with van der Waals surface area (Å²) < 4.78 is 10.6. The Bertz CT molecular complexity index is 776. The van der Waals surface area contributed by atoms with Gasteiger partial charge in [0, 0.05) is 18.8 Å². The maximum Gasteiger partial charge on any atom is 0.260 e. The van der Waals surface area contributed by atoms with Crippen LogP contribution in [0.2, 0.25) is 5.02 Å². The highest BCUT2D eigenvalue weighted by molar-refractivity contribution is 6.32. The molecule has 0 aliphatic heterocycles. The fraction of sp³-hybridized carbons (Fsp3) is 0.333. The summed E-state index contributed by atoms with van der Waals surface area (Å²) in [5.41, 5.74) is 6.32. The average molecular weight is 416 g/mol. The van der Waals surface area contributed by atoms with Crippen LogP contribution in [0.3, 0.4) is 0 Å². The molecule has 0 fully saturated rings. The summed E-state index contributed by atoms with van der Waals surface area (Å²) in [5.74, 6) is 0.447. The molecule has 3 N–H and O–H groups in total. The Morgan fingerprint density at radius 3 is 2.52 bits per heavy atom. The van der Waals surface area contributed by atoms with E-state index in [1.54, 1.807) is 29.2 Å². The van der Waals surface area contributed by atoms with Crippen LogP contribution in [0.4, 0.5) is 5.69 Å². The lowest BCUT2D eigenvalue weighted by Gasteiger charge is -2.19. The van der Waals surface area contributed by atoms with Crippen LogP contribution in [0.15, 0.2) is 34.9 Å². The quantitative estimate of drug-likeness (QED) is 0.688. The Kier molecular flexibility index (Phi) is 9.14. The number of ether oxygens (including phenoxy) is 1. The maximum atomic E-state index is 12.2. The number of nitrogens with two attached hydrogens (primary N) is 1. The van der Waals surface area contributed by atoms with Gasteiger partial charge in [-0.2, -0.15) is 0 Å². The Morgan fingerprint density at radius 2 is 1.96 bits per heavy atom. The van der Waals surface area contributed by atoms with Crippen LogP contribution in [0, 0.1) is 0 Å². The van der Waals surface area contributed by atoms with Gasteiger partial charge >= 0.3 is 0 Å². The zero-order valence-corrected chi connectivity index (χ0v) is 16.7. The molecule has 148 valence electrons. The maximum absolute atomic E-state index is 12.2. The molecular weight excluding hydrogens is 393 g/mol. The molecule has 9 heteroatoms. The summed E-state index contributed by atoms with van der Waals surface area (Å²) in [7, 11) is 0. The Morgan fingerprint density at radius 1 is 1.26 bits per heavy atom. The summed E-state index contributed by atoms with van der Waals surface area (Å²) in [6.07, 6.45) is 1.34. The lowest BCUT2D eigenvalue weighted by Crippen LogP contribution is -2.34. The molecule has 0 saturated carbocycles. The first-order valence-electron chi connectivity index (χ1n) is 8.27. The van der Waals surface area contributed by atoms with Gasteiger partial charge in [0.2, 0.25) is 0 Å². The monoisotopic (exact) mass is 415 g/mol. The van der Waals surface area contributed by atoms with Crippen molar-refractivity contribution in [3.05, 3.63) is 46.9 Å². The van der Waals surface area contributed by atoms with Crippen molar-refractivity contribution < 1.29 is 18.7 Å². The van der Waals surface area contributed by atoms with Gasteiger partial charge in [0.15, 0.2) is 6.61 Å². The number of halogens is 2. The molecule has 27 heavy (non-hydrogen) atoms. The normalized spacial score (nSPS) is 10.1. The molecule has 2 rings (SSSR count). The average Bonchev–Trinajstić information content (AvgIpc) is 3.11. The topological polar surface area (TPSA) is 97.8 Å². The molecule has 0 radical (unpaired) electrons. The van der Waals surface area contributed by atoms with Crippen molar-refractivity contribution >= 4 is 41.5 Å². The molecule has 0 bridgehead atoms. The second-order valence-corrected chi connectivity index (χ2v) is 5.87. The van der Waals surface area contributed by atoms with Gasteiger partial charge in [-0.25, -0.2) is 0 Å². The van der Waals surface area contributed by atoms with Gasteiger partial charge in [0.25, 0.3) is 11.8 Å². The van der Waals surface area contributed by atoms with E-state index in [4.69, 9.17) is 26.5 Å². The van der Waals surface area contributed by atoms with E-state index in [9.17, 15) is 9.59 Å². The van der Waals surface area contributed by atoms with Crippen molar-refractivity contribution in [3.63, 3.8) is 0 Å². The third-order valence-corrected chi connectivity index (χ3v) is 4.07. The van der Waals surface area contributed by atoms with Gasteiger partial charge in [0.1, 0.15) is 17.8 Å². The number of anilines is 1. The number of nitrogens with one attached hydrogen (secondary N) is 1. The Balaban J connectivity index is 0.00000364. The third-order valence-electron chi connectivity index (χ3n) is 3.77. The van der Waals surface area contributed by atoms with E-state index < -0.39 is 0 Å². The molecule has 0 unspecified atom stereocenters. The predicted molar refractivity (Wildman–Crippen MR) is 107 cm³/mol. The molecular formula is C18H23Cl2N3O4. The van der Waals surface area contributed by atoms with Crippen molar-refractivity contribution in [1.29, 1.82) is 0 Å². The minimum absolute atomic E-state index is 0. The van der Waals surface area contributed by atoms with Gasteiger partial charge in [-0.3, -0.25) is 9.59 Å². The standard InChI is InChI=1S/C18H22ClN3O4.ClH/c1-3-22(4-2)17(23)11-26-16-6-5-13(8-15(16)19)21-18(24)12-7-14(9-20)25-10-12;/h5-8,10H,3-4,9,11,20H2,1-2H3,(H,21,24);1H. The lowest BCUT2D eigenvalue weighted by molar-refractivity contribution is -0.132. The number of benzene rings is 1. The zero-order chi connectivity index (χ0) is 19.1. The first-order valence-corrected chi connectivity index (χ1v) is 8.65. The molecule has 0 atom stereocenters. The van der Waals surface area contributed by atoms with Crippen LogP contribution in [0.5, 0.6) is 5.75 Å². The van der Waals surface area contributed by atoms with Crippen LogP contribution < -0.4 is 15.8 Å². The molecule has 1 aromatic carbocycles. The fourth-order valence-electron chi connectivity index (χ4n) is 2.31. The van der Waals surface area contributed by atoms with Crippen molar-refractivity contribution in [1.82, 2.24) is 4.90 Å². The van der Waals surface area contributed by atoms with Gasteiger partial charge in [0.05, 0.1) is 17.1 Å². The number of hydrogen-bond donors (Lipinski definition) is 2. The SMILES string of the molecule is CCN(CC)C(=O)COc1ccc(NC(=O)c2coc(CN)c2)cc1Cl.Cl. The zero-order valence-electron chi connectivity index (χ0n) is 15.2. The molecule has 2 aromatic rings. The molecule has 1 aromatic heterocycles. The minimum atomic E-state index is -0.338. The lowest BCUT2D eigenvalue weighted by atomic mass is 10.2. The van der Waals surface area contributed by atoms with Gasteiger partial charge < -0.3 is 25.1 Å². The van der Waals surface area contributed by atoms with E-state index >= 15 is 0 Å². The number of furan rings is 1. The van der Waals surface area contributed by atoms with Crippen LogP contribution in [-0.2, 0) is 11.3 Å². The van der Waals surface area contributed by atoms with E-state index in [1.165, 1.54) is 6.26 Å². The van der Waals surface area contributed by atoms with Crippen molar-refractivity contribution in [2.75, 3.05) is 25.0 Å². The highest BCUT2D eigenvalue weighted by Crippen LogP contribution is 2.28. The first kappa shape index (κ1) is 22.8. The second-order valence-electron chi connectivity index (χ2n) is 5.46. The molecule has 0 aliphatic rings. The van der Waals surface area contributed by atoms with E-state index in [0.29, 0.717) is 40.9 Å². The molecule has 0 aliphatic carbocycles. The van der Waals surface area contributed by atoms with Crippen LogP contribution in [0.25, 0.3) is 0 Å².